The molecule has 0 unspecified atom stereocenters. The zero-order valence-electron chi connectivity index (χ0n) is 12.5. The summed E-state index contributed by atoms with van der Waals surface area (Å²) in [6.45, 7) is 3.19. The summed E-state index contributed by atoms with van der Waals surface area (Å²) in [5.74, 6) is 0.227. The lowest BCUT2D eigenvalue weighted by Crippen LogP contribution is -2.42. The minimum Gasteiger partial charge on any atom is -0.396 e. The van der Waals surface area contributed by atoms with Gasteiger partial charge >= 0.3 is 10.2 Å². The van der Waals surface area contributed by atoms with E-state index in [1.165, 1.54) is 9.87 Å². The van der Waals surface area contributed by atoms with Crippen LogP contribution in [0, 0.1) is 5.92 Å². The molecule has 1 heterocycles. The molecule has 0 amide bonds. The Labute approximate surface area is 127 Å². The zero-order valence-corrected chi connectivity index (χ0v) is 13.3. The molecule has 1 aliphatic rings. The van der Waals surface area contributed by atoms with Crippen molar-refractivity contribution in [3.8, 4) is 0 Å². The average molecular weight is 312 g/mol. The lowest BCUT2D eigenvalue weighted by molar-refractivity contribution is 0.170. The van der Waals surface area contributed by atoms with E-state index in [1.54, 1.807) is 0 Å². The van der Waals surface area contributed by atoms with Crippen LogP contribution in [0.3, 0.4) is 0 Å². The van der Waals surface area contributed by atoms with Gasteiger partial charge in [-0.2, -0.15) is 12.7 Å². The highest BCUT2D eigenvalue weighted by Crippen LogP contribution is 2.21. The van der Waals surface area contributed by atoms with Crippen molar-refractivity contribution in [1.82, 2.24) is 4.31 Å². The van der Waals surface area contributed by atoms with Gasteiger partial charge in [-0.1, -0.05) is 25.5 Å². The Morgan fingerprint density at radius 1 is 1.24 bits per heavy atom. The Morgan fingerprint density at radius 2 is 1.86 bits per heavy atom. The number of aliphatic hydroxyl groups is 1. The van der Waals surface area contributed by atoms with E-state index in [0.717, 1.165) is 12.8 Å². The van der Waals surface area contributed by atoms with Gasteiger partial charge in [0.05, 0.1) is 0 Å². The van der Waals surface area contributed by atoms with Crippen LogP contribution in [0.15, 0.2) is 24.3 Å². The molecule has 0 aliphatic carbocycles. The summed E-state index contributed by atoms with van der Waals surface area (Å²) in [6.07, 6.45) is 3.51. The van der Waals surface area contributed by atoms with E-state index in [1.807, 2.05) is 24.3 Å². The van der Waals surface area contributed by atoms with Gasteiger partial charge in [0.1, 0.15) is 0 Å². The number of nitrogens with one attached hydrogen (secondary N) is 1. The Balaban J connectivity index is 1.97. The predicted molar refractivity (Wildman–Crippen MR) is 84.4 cm³/mol. The Hall–Kier alpha value is -1.11. The molecule has 1 aliphatic heterocycles. The van der Waals surface area contributed by atoms with Gasteiger partial charge in [-0.25, -0.2) is 0 Å². The minimum atomic E-state index is -3.49. The topological polar surface area (TPSA) is 69.6 Å². The molecule has 1 fully saturated rings. The molecule has 1 saturated heterocycles. The smallest absolute Gasteiger partial charge is 0.301 e. The van der Waals surface area contributed by atoms with Crippen LogP contribution in [0.2, 0.25) is 0 Å². The molecule has 0 radical (unpaired) electrons. The highest BCUT2D eigenvalue weighted by molar-refractivity contribution is 7.90. The highest BCUT2D eigenvalue weighted by Gasteiger charge is 2.27. The number of hydrogen-bond acceptors (Lipinski definition) is 3. The Kier molecular flexibility index (Phi) is 5.61. The van der Waals surface area contributed by atoms with Crippen LogP contribution in [0.5, 0.6) is 0 Å². The monoisotopic (exact) mass is 312 g/mol. The summed E-state index contributed by atoms with van der Waals surface area (Å²) < 4.78 is 28.7. The van der Waals surface area contributed by atoms with Crippen LogP contribution >= 0.6 is 0 Å². The number of aryl methyl sites for hydroxylation is 1. The second-order valence-corrected chi connectivity index (χ2v) is 7.25. The molecule has 1 aromatic carbocycles. The van der Waals surface area contributed by atoms with Crippen LogP contribution in [0.25, 0.3) is 0 Å². The van der Waals surface area contributed by atoms with E-state index in [4.69, 9.17) is 5.11 Å². The maximum Gasteiger partial charge on any atom is 0.301 e. The lowest BCUT2D eigenvalue weighted by Gasteiger charge is -2.30. The fourth-order valence-corrected chi connectivity index (χ4v) is 3.83. The quantitative estimate of drug-likeness (QED) is 0.844. The molecular weight excluding hydrogens is 288 g/mol. The highest BCUT2D eigenvalue weighted by atomic mass is 32.2. The molecule has 1 aromatic rings. The first-order valence-corrected chi connectivity index (χ1v) is 8.97. The molecule has 5 nitrogen and oxygen atoms in total. The third kappa shape index (κ3) is 4.43. The molecule has 118 valence electrons. The Bertz CT molecular complexity index is 535. The Morgan fingerprint density at radius 3 is 2.38 bits per heavy atom. The summed E-state index contributed by atoms with van der Waals surface area (Å²) in [7, 11) is -3.49. The fraction of sp³-hybridized carbons (Fsp3) is 0.600. The first kappa shape index (κ1) is 16.3. The van der Waals surface area contributed by atoms with Crippen LogP contribution in [-0.4, -0.2) is 37.5 Å². The number of aliphatic hydroxyl groups excluding tert-OH is 1. The number of piperidine rings is 1. The van der Waals surface area contributed by atoms with Gasteiger partial charge in [0, 0.05) is 25.4 Å². The second-order valence-electron chi connectivity index (χ2n) is 5.58. The third-order valence-corrected chi connectivity index (χ3v) is 5.45. The average Bonchev–Trinajstić information content (AvgIpc) is 2.49. The maximum atomic E-state index is 12.3. The van der Waals surface area contributed by atoms with Gasteiger partial charge in [-0.05, 0) is 42.9 Å². The number of benzene rings is 1. The molecular formula is C15H24N2O3S. The normalized spacial score (nSPS) is 17.8. The van der Waals surface area contributed by atoms with Gasteiger partial charge < -0.3 is 5.11 Å². The number of hydrogen-bond donors (Lipinski definition) is 2. The van der Waals surface area contributed by atoms with Crippen LogP contribution in [0.1, 0.15) is 31.7 Å². The van der Waals surface area contributed by atoms with Gasteiger partial charge in [-0.3, -0.25) is 4.72 Å². The third-order valence-electron chi connectivity index (χ3n) is 3.91. The molecule has 2 N–H and O–H groups in total. The van der Waals surface area contributed by atoms with Gasteiger partial charge in [0.2, 0.25) is 0 Å². The summed E-state index contributed by atoms with van der Waals surface area (Å²) in [5, 5.41) is 9.10. The van der Waals surface area contributed by atoms with E-state index >= 15 is 0 Å². The first-order chi connectivity index (χ1) is 10.0. The second kappa shape index (κ2) is 7.24. The lowest BCUT2D eigenvalue weighted by atomic mass is 10.00. The zero-order chi connectivity index (χ0) is 15.3. The number of anilines is 1. The predicted octanol–water partition coefficient (Wildman–Crippen LogP) is 2.00. The van der Waals surface area contributed by atoms with Crippen molar-refractivity contribution in [2.75, 3.05) is 24.4 Å². The molecule has 0 atom stereocenters. The van der Waals surface area contributed by atoms with Crippen molar-refractivity contribution >= 4 is 15.9 Å². The number of nitrogens with zero attached hydrogens (tertiary/aromatic N) is 1. The molecule has 0 saturated carbocycles. The van der Waals surface area contributed by atoms with Crippen LogP contribution in [-0.2, 0) is 16.6 Å². The van der Waals surface area contributed by atoms with Crippen LogP contribution in [0.4, 0.5) is 5.69 Å². The molecule has 0 aromatic heterocycles. The summed E-state index contributed by atoms with van der Waals surface area (Å²) in [6, 6.07) is 7.53. The van der Waals surface area contributed by atoms with Crippen molar-refractivity contribution in [3.63, 3.8) is 0 Å². The van der Waals surface area contributed by atoms with Crippen molar-refractivity contribution in [2.24, 2.45) is 5.92 Å². The molecule has 0 spiro atoms. The van der Waals surface area contributed by atoms with Crippen molar-refractivity contribution in [3.05, 3.63) is 29.8 Å². The van der Waals surface area contributed by atoms with Crippen molar-refractivity contribution in [2.45, 2.75) is 32.6 Å². The molecule has 21 heavy (non-hydrogen) atoms. The SMILES string of the molecule is CCCc1ccc(NS(=O)(=O)N2CCC(CO)CC2)cc1. The van der Waals surface area contributed by atoms with Gasteiger partial charge in [0.15, 0.2) is 0 Å². The van der Waals surface area contributed by atoms with Crippen molar-refractivity contribution < 1.29 is 13.5 Å². The summed E-state index contributed by atoms with van der Waals surface area (Å²) in [4.78, 5) is 0. The molecule has 6 heteroatoms. The molecule has 2 rings (SSSR count). The van der Waals surface area contributed by atoms with Gasteiger partial charge in [-0.15, -0.1) is 0 Å². The fourth-order valence-electron chi connectivity index (χ4n) is 2.57. The maximum absolute atomic E-state index is 12.3. The summed E-state index contributed by atoms with van der Waals surface area (Å²) in [5.41, 5.74) is 1.81. The van der Waals surface area contributed by atoms with E-state index in [0.29, 0.717) is 31.6 Å². The molecule has 0 bridgehead atoms. The van der Waals surface area contributed by atoms with E-state index < -0.39 is 10.2 Å². The minimum absolute atomic E-state index is 0.139. The van der Waals surface area contributed by atoms with Crippen LogP contribution < -0.4 is 4.72 Å². The standard InChI is InChI=1S/C15H24N2O3S/c1-2-3-13-4-6-15(7-5-13)16-21(19,20)17-10-8-14(12-18)9-11-17/h4-7,14,16,18H,2-3,8-12H2,1H3. The summed E-state index contributed by atoms with van der Waals surface area (Å²) >= 11 is 0. The van der Waals surface area contributed by atoms with E-state index in [9.17, 15) is 8.42 Å². The van der Waals surface area contributed by atoms with Gasteiger partial charge in [0.25, 0.3) is 0 Å². The number of rotatable bonds is 6. The first-order valence-electron chi connectivity index (χ1n) is 7.53. The van der Waals surface area contributed by atoms with E-state index in [2.05, 4.69) is 11.6 Å². The largest absolute Gasteiger partial charge is 0.396 e. The van der Waals surface area contributed by atoms with Crippen molar-refractivity contribution in [1.29, 1.82) is 0 Å². The van der Waals surface area contributed by atoms with E-state index in [-0.39, 0.29) is 12.5 Å².